The molecule has 6 nitrogen and oxygen atoms in total. The largest absolute Gasteiger partial charge is 0.378 e. The fourth-order valence-electron chi connectivity index (χ4n) is 2.01. The minimum absolute atomic E-state index is 0.0122. The van der Waals surface area contributed by atoms with Crippen LogP contribution in [0.5, 0.6) is 0 Å². The Morgan fingerprint density at radius 1 is 1.61 bits per heavy atom. The smallest absolute Gasteiger partial charge is 0.347 e. The van der Waals surface area contributed by atoms with Gasteiger partial charge in [-0.15, -0.1) is 0 Å². The number of carbonyl (C=O) groups excluding carboxylic acids is 1. The lowest BCUT2D eigenvalue weighted by molar-refractivity contribution is -0.119. The van der Waals surface area contributed by atoms with Crippen LogP contribution in [0.25, 0.3) is 0 Å². The van der Waals surface area contributed by atoms with E-state index in [4.69, 9.17) is 4.74 Å². The molecule has 1 aliphatic heterocycles. The SMILES string of the molecule is Cc1cc(NC(=O)C[C@@H]2CCCCO2)nc(=O)[nH]1. The van der Waals surface area contributed by atoms with E-state index in [2.05, 4.69) is 15.3 Å². The molecule has 0 unspecified atom stereocenters. The zero-order valence-corrected chi connectivity index (χ0v) is 10.4. The van der Waals surface area contributed by atoms with Crippen molar-refractivity contribution in [3.63, 3.8) is 0 Å². The highest BCUT2D eigenvalue weighted by Crippen LogP contribution is 2.16. The van der Waals surface area contributed by atoms with Gasteiger partial charge >= 0.3 is 5.69 Å². The summed E-state index contributed by atoms with van der Waals surface area (Å²) in [4.78, 5) is 29.1. The second-order valence-electron chi connectivity index (χ2n) is 4.50. The highest BCUT2D eigenvalue weighted by Gasteiger charge is 2.17. The summed E-state index contributed by atoms with van der Waals surface area (Å²) in [5.41, 5.74) is 0.207. The van der Waals surface area contributed by atoms with Gasteiger partial charge in [0.05, 0.1) is 12.5 Å². The lowest BCUT2D eigenvalue weighted by atomic mass is 10.1. The predicted molar refractivity (Wildman–Crippen MR) is 66.4 cm³/mol. The maximum atomic E-state index is 11.8. The first-order valence-electron chi connectivity index (χ1n) is 6.13. The van der Waals surface area contributed by atoms with Crippen molar-refractivity contribution in [2.75, 3.05) is 11.9 Å². The molecule has 2 rings (SSSR count). The van der Waals surface area contributed by atoms with Gasteiger partial charge in [0.1, 0.15) is 5.82 Å². The quantitative estimate of drug-likeness (QED) is 0.838. The van der Waals surface area contributed by atoms with Crippen LogP contribution >= 0.6 is 0 Å². The van der Waals surface area contributed by atoms with Gasteiger partial charge in [0.15, 0.2) is 0 Å². The standard InChI is InChI=1S/C12H17N3O3/c1-8-6-10(15-12(17)13-8)14-11(16)7-9-4-2-3-5-18-9/h6,9H,2-5,7H2,1H3,(H2,13,14,15,16,17)/t9-/m0/s1. The van der Waals surface area contributed by atoms with Crippen LogP contribution in [0.4, 0.5) is 5.82 Å². The van der Waals surface area contributed by atoms with Crippen LogP contribution in [-0.4, -0.2) is 28.6 Å². The van der Waals surface area contributed by atoms with Gasteiger partial charge in [-0.05, 0) is 26.2 Å². The summed E-state index contributed by atoms with van der Waals surface area (Å²) >= 11 is 0. The normalized spacial score (nSPS) is 19.5. The maximum absolute atomic E-state index is 11.8. The summed E-state index contributed by atoms with van der Waals surface area (Å²) in [5, 5.41) is 2.62. The van der Waals surface area contributed by atoms with Crippen molar-refractivity contribution in [2.24, 2.45) is 0 Å². The van der Waals surface area contributed by atoms with Gasteiger partial charge in [-0.2, -0.15) is 4.98 Å². The molecular formula is C12H17N3O3. The van der Waals surface area contributed by atoms with E-state index in [0.717, 1.165) is 25.9 Å². The van der Waals surface area contributed by atoms with Crippen molar-refractivity contribution in [2.45, 2.75) is 38.7 Å². The number of aromatic nitrogens is 2. The van der Waals surface area contributed by atoms with Crippen LogP contribution in [0.1, 0.15) is 31.4 Å². The van der Waals surface area contributed by atoms with Crippen molar-refractivity contribution >= 4 is 11.7 Å². The third-order valence-electron chi connectivity index (χ3n) is 2.83. The Labute approximate surface area is 105 Å². The number of amides is 1. The monoisotopic (exact) mass is 251 g/mol. The predicted octanol–water partition coefficient (Wildman–Crippen LogP) is 0.976. The number of hydrogen-bond acceptors (Lipinski definition) is 4. The molecule has 2 N–H and O–H groups in total. The Balaban J connectivity index is 1.91. The topological polar surface area (TPSA) is 84.1 Å². The van der Waals surface area contributed by atoms with E-state index in [0.29, 0.717) is 12.1 Å². The number of aromatic amines is 1. The molecule has 1 fully saturated rings. The average Bonchev–Trinajstić information content (AvgIpc) is 2.28. The van der Waals surface area contributed by atoms with Crippen molar-refractivity contribution < 1.29 is 9.53 Å². The van der Waals surface area contributed by atoms with Crippen LogP contribution in [0, 0.1) is 6.92 Å². The zero-order chi connectivity index (χ0) is 13.0. The zero-order valence-electron chi connectivity index (χ0n) is 10.4. The van der Waals surface area contributed by atoms with E-state index in [9.17, 15) is 9.59 Å². The van der Waals surface area contributed by atoms with Gasteiger partial charge in [0.25, 0.3) is 0 Å². The van der Waals surface area contributed by atoms with E-state index < -0.39 is 5.69 Å². The number of anilines is 1. The molecule has 0 spiro atoms. The number of aryl methyl sites for hydroxylation is 1. The highest BCUT2D eigenvalue weighted by atomic mass is 16.5. The van der Waals surface area contributed by atoms with Gasteiger partial charge in [-0.3, -0.25) is 4.79 Å². The number of nitrogens with one attached hydrogen (secondary N) is 2. The highest BCUT2D eigenvalue weighted by molar-refractivity contribution is 5.90. The Morgan fingerprint density at radius 3 is 3.11 bits per heavy atom. The molecule has 1 aliphatic rings. The summed E-state index contributed by atoms with van der Waals surface area (Å²) in [6.07, 6.45) is 3.37. The minimum Gasteiger partial charge on any atom is -0.378 e. The van der Waals surface area contributed by atoms with Crippen molar-refractivity contribution in [3.8, 4) is 0 Å². The molecule has 0 aromatic carbocycles. The van der Waals surface area contributed by atoms with Gasteiger partial charge in [0.2, 0.25) is 5.91 Å². The van der Waals surface area contributed by atoms with Crippen LogP contribution in [0.15, 0.2) is 10.9 Å². The third kappa shape index (κ3) is 3.66. The molecule has 1 saturated heterocycles. The number of hydrogen-bond donors (Lipinski definition) is 2. The molecule has 0 bridgehead atoms. The summed E-state index contributed by atoms with van der Waals surface area (Å²) in [6, 6.07) is 1.63. The average molecular weight is 251 g/mol. The van der Waals surface area contributed by atoms with E-state index in [1.54, 1.807) is 13.0 Å². The molecule has 2 heterocycles. The van der Waals surface area contributed by atoms with E-state index in [-0.39, 0.29) is 17.8 Å². The number of nitrogens with zero attached hydrogens (tertiary/aromatic N) is 1. The van der Waals surface area contributed by atoms with Crippen LogP contribution < -0.4 is 11.0 Å². The molecule has 18 heavy (non-hydrogen) atoms. The summed E-state index contributed by atoms with van der Waals surface area (Å²) in [7, 11) is 0. The number of rotatable bonds is 3. The molecule has 0 aliphatic carbocycles. The second-order valence-corrected chi connectivity index (χ2v) is 4.50. The van der Waals surface area contributed by atoms with Gasteiger partial charge in [-0.1, -0.05) is 0 Å². The maximum Gasteiger partial charge on any atom is 0.347 e. The minimum atomic E-state index is -0.459. The first kappa shape index (κ1) is 12.8. The molecule has 1 aromatic heterocycles. The lowest BCUT2D eigenvalue weighted by Gasteiger charge is -2.21. The Kier molecular flexibility index (Phi) is 4.09. The fourth-order valence-corrected chi connectivity index (χ4v) is 2.01. The molecule has 1 amide bonds. The third-order valence-corrected chi connectivity index (χ3v) is 2.83. The van der Waals surface area contributed by atoms with Gasteiger partial charge in [-0.25, -0.2) is 4.79 Å². The van der Waals surface area contributed by atoms with Crippen LogP contribution in [-0.2, 0) is 9.53 Å². The van der Waals surface area contributed by atoms with Crippen molar-refractivity contribution in [1.82, 2.24) is 9.97 Å². The Hall–Kier alpha value is -1.69. The first-order chi connectivity index (χ1) is 8.63. The van der Waals surface area contributed by atoms with Crippen LogP contribution in [0.2, 0.25) is 0 Å². The van der Waals surface area contributed by atoms with E-state index in [1.807, 2.05) is 0 Å². The summed E-state index contributed by atoms with van der Waals surface area (Å²) in [6.45, 7) is 2.46. The summed E-state index contributed by atoms with van der Waals surface area (Å²) in [5.74, 6) is 0.122. The fraction of sp³-hybridized carbons (Fsp3) is 0.583. The molecule has 98 valence electrons. The second kappa shape index (κ2) is 5.77. The molecular weight excluding hydrogens is 234 g/mol. The van der Waals surface area contributed by atoms with Gasteiger partial charge in [0, 0.05) is 18.4 Å². The first-order valence-corrected chi connectivity index (χ1v) is 6.13. The Bertz CT molecular complexity index is 478. The summed E-state index contributed by atoms with van der Waals surface area (Å²) < 4.78 is 5.48. The van der Waals surface area contributed by atoms with Crippen LogP contribution in [0.3, 0.4) is 0 Å². The van der Waals surface area contributed by atoms with Crippen molar-refractivity contribution in [3.05, 3.63) is 22.2 Å². The van der Waals surface area contributed by atoms with E-state index in [1.165, 1.54) is 0 Å². The molecule has 1 atom stereocenters. The number of H-pyrrole nitrogens is 1. The van der Waals surface area contributed by atoms with Crippen molar-refractivity contribution in [1.29, 1.82) is 0 Å². The molecule has 0 saturated carbocycles. The lowest BCUT2D eigenvalue weighted by Crippen LogP contribution is -2.26. The molecule has 0 radical (unpaired) electrons. The molecule has 1 aromatic rings. The number of ether oxygens (including phenoxy) is 1. The molecule has 6 heteroatoms. The number of carbonyl (C=O) groups is 1. The Morgan fingerprint density at radius 2 is 2.44 bits per heavy atom. The van der Waals surface area contributed by atoms with Gasteiger partial charge < -0.3 is 15.0 Å². The van der Waals surface area contributed by atoms with E-state index >= 15 is 0 Å².